The second-order valence-electron chi connectivity index (χ2n) is 13.6. The number of ether oxygens (including phenoxy) is 2. The van der Waals surface area contributed by atoms with Crippen LogP contribution in [0.3, 0.4) is 0 Å². The maximum Gasteiger partial charge on any atom is 0.336 e. The highest BCUT2D eigenvalue weighted by atomic mass is 35.5. The first-order chi connectivity index (χ1) is 28.7. The molecule has 7 rings (SSSR count). The fourth-order valence-electron chi connectivity index (χ4n) is 6.42. The van der Waals surface area contributed by atoms with Gasteiger partial charge in [-0.2, -0.15) is 0 Å². The Balaban J connectivity index is 0.000000219. The molecule has 6 aromatic carbocycles. The zero-order valence-electron chi connectivity index (χ0n) is 32.1. The largest absolute Gasteiger partial charge is 0.488 e. The smallest absolute Gasteiger partial charge is 0.336 e. The standard InChI is InChI=1S/C29H20ClF2NO3.C18H15ClF2O3/c1-17-9-11-26(33(17)21-13-18-5-2-3-7-22(18)23(15-21)29(34)35)24-14-20(30)10-12-27(24)36-16-19-6-4-8-25(31)28(19)32;1-11(22)5-7-16(23)14-9-13(19)6-8-17(14)24-10-12-3-2-4-15(20)18(12)21/h2-15H,16H2,1H3,(H,34,35);2-4,6,8-9H,5,7,10H2,1H3. The highest BCUT2D eigenvalue weighted by Crippen LogP contribution is 2.37. The van der Waals surface area contributed by atoms with Crippen LogP contribution in [0.1, 0.15) is 57.3 Å². The molecular formula is C47H35Cl2F4NO6. The molecule has 0 fully saturated rings. The first-order valence-electron chi connectivity index (χ1n) is 18.4. The lowest BCUT2D eigenvalue weighted by atomic mass is 10.0. The van der Waals surface area contributed by atoms with E-state index in [1.807, 2.05) is 41.8 Å². The van der Waals surface area contributed by atoms with Crippen molar-refractivity contribution in [1.29, 1.82) is 0 Å². The summed E-state index contributed by atoms with van der Waals surface area (Å²) >= 11 is 12.2. The van der Waals surface area contributed by atoms with Gasteiger partial charge in [0, 0.05) is 51.0 Å². The monoisotopic (exact) mass is 855 g/mol. The van der Waals surface area contributed by atoms with Crippen LogP contribution >= 0.6 is 23.2 Å². The molecule has 0 spiro atoms. The maximum atomic E-state index is 14.2. The minimum absolute atomic E-state index is 0.0281. The van der Waals surface area contributed by atoms with Gasteiger partial charge in [-0.15, -0.1) is 0 Å². The van der Waals surface area contributed by atoms with Gasteiger partial charge in [-0.1, -0.05) is 71.7 Å². The van der Waals surface area contributed by atoms with Gasteiger partial charge in [-0.3, -0.25) is 4.79 Å². The number of carbonyl (C=O) groups is 3. The van der Waals surface area contributed by atoms with Crippen LogP contribution in [0.25, 0.3) is 27.7 Å². The summed E-state index contributed by atoms with van der Waals surface area (Å²) in [5.74, 6) is -4.66. The number of carboxylic acids is 1. The maximum absolute atomic E-state index is 14.2. The Morgan fingerprint density at radius 1 is 0.650 bits per heavy atom. The number of hydrogen-bond donors (Lipinski definition) is 1. The van der Waals surface area contributed by atoms with Gasteiger partial charge < -0.3 is 23.9 Å². The molecule has 1 heterocycles. The molecule has 13 heteroatoms. The normalized spacial score (nSPS) is 10.9. The summed E-state index contributed by atoms with van der Waals surface area (Å²) in [6.07, 6.45) is 0.143. The van der Waals surface area contributed by atoms with E-state index < -0.39 is 29.2 Å². The lowest BCUT2D eigenvalue weighted by Crippen LogP contribution is -2.07. The van der Waals surface area contributed by atoms with Gasteiger partial charge in [0.2, 0.25) is 0 Å². The van der Waals surface area contributed by atoms with E-state index in [1.54, 1.807) is 36.4 Å². The fourth-order valence-corrected chi connectivity index (χ4v) is 6.77. The number of aryl methyl sites for hydroxylation is 1. The van der Waals surface area contributed by atoms with Crippen molar-refractivity contribution in [3.63, 3.8) is 0 Å². The number of carboxylic acid groups (broad SMARTS) is 1. The van der Waals surface area contributed by atoms with Crippen LogP contribution in [-0.4, -0.2) is 27.2 Å². The quantitative estimate of drug-likeness (QED) is 0.0917. The second kappa shape index (κ2) is 19.1. The van der Waals surface area contributed by atoms with Gasteiger partial charge in [0.15, 0.2) is 29.1 Å². The minimum atomic E-state index is -1.02. The number of benzene rings is 6. The molecule has 306 valence electrons. The number of nitrogens with zero attached hydrogens (tertiary/aromatic N) is 1. The third-order valence-electron chi connectivity index (χ3n) is 9.40. The molecule has 7 nitrogen and oxygen atoms in total. The number of ketones is 2. The Bertz CT molecular complexity index is 2750. The molecule has 0 aliphatic rings. The minimum Gasteiger partial charge on any atom is -0.488 e. The number of fused-ring (bicyclic) bond motifs is 1. The molecule has 7 aromatic rings. The van der Waals surface area contributed by atoms with Crippen molar-refractivity contribution in [2.45, 2.75) is 39.9 Å². The van der Waals surface area contributed by atoms with E-state index in [4.69, 9.17) is 32.7 Å². The second-order valence-corrected chi connectivity index (χ2v) is 14.5. The number of hydrogen-bond acceptors (Lipinski definition) is 5. The predicted octanol–water partition coefficient (Wildman–Crippen LogP) is 12.6. The van der Waals surface area contributed by atoms with Crippen molar-refractivity contribution in [1.82, 2.24) is 4.57 Å². The van der Waals surface area contributed by atoms with Gasteiger partial charge in [0.05, 0.1) is 16.8 Å². The van der Waals surface area contributed by atoms with Crippen LogP contribution in [0.4, 0.5) is 17.6 Å². The average molecular weight is 857 g/mol. The highest BCUT2D eigenvalue weighted by Gasteiger charge is 2.20. The number of Topliss-reactive ketones (excluding diaryl/α,β-unsaturated/α-hetero) is 2. The highest BCUT2D eigenvalue weighted by molar-refractivity contribution is 6.31. The third kappa shape index (κ3) is 10.0. The van der Waals surface area contributed by atoms with E-state index in [2.05, 4.69) is 0 Å². The summed E-state index contributed by atoms with van der Waals surface area (Å²) in [6, 6.07) is 31.9. The fraction of sp³-hybridized carbons (Fsp3) is 0.128. The van der Waals surface area contributed by atoms with E-state index in [-0.39, 0.29) is 65.6 Å². The first-order valence-corrected chi connectivity index (χ1v) is 19.2. The van der Waals surface area contributed by atoms with Gasteiger partial charge in [-0.25, -0.2) is 22.4 Å². The van der Waals surface area contributed by atoms with E-state index >= 15 is 0 Å². The third-order valence-corrected chi connectivity index (χ3v) is 9.87. The number of rotatable bonds is 13. The van der Waals surface area contributed by atoms with Crippen molar-refractivity contribution in [2.24, 2.45) is 0 Å². The topological polar surface area (TPSA) is 94.8 Å². The lowest BCUT2D eigenvalue weighted by Gasteiger charge is -2.17. The molecule has 0 amide bonds. The van der Waals surface area contributed by atoms with Crippen LogP contribution in [0.15, 0.2) is 121 Å². The number of aromatic nitrogens is 1. The molecule has 0 bridgehead atoms. The SMILES string of the molecule is CC(=O)CCC(=O)c1cc(Cl)ccc1OCc1cccc(F)c1F.Cc1ccc(-c2cc(Cl)ccc2OCc2cccc(F)c2F)n1-c1cc(C(=O)O)c2ccccc2c1. The van der Waals surface area contributed by atoms with E-state index in [1.165, 1.54) is 49.4 Å². The molecule has 1 aromatic heterocycles. The van der Waals surface area contributed by atoms with Crippen molar-refractivity contribution >= 4 is 51.5 Å². The van der Waals surface area contributed by atoms with Crippen LogP contribution in [-0.2, 0) is 18.0 Å². The van der Waals surface area contributed by atoms with Crippen molar-refractivity contribution in [3.05, 3.63) is 183 Å². The van der Waals surface area contributed by atoms with Crippen LogP contribution in [0.5, 0.6) is 11.5 Å². The van der Waals surface area contributed by atoms with Gasteiger partial charge >= 0.3 is 5.97 Å². The Kier molecular flexibility index (Phi) is 13.7. The molecule has 0 atom stereocenters. The van der Waals surface area contributed by atoms with E-state index in [0.29, 0.717) is 38.1 Å². The first kappa shape index (κ1) is 43.2. The zero-order chi connectivity index (χ0) is 43.1. The molecule has 0 unspecified atom stereocenters. The molecule has 0 saturated carbocycles. The van der Waals surface area contributed by atoms with Gasteiger partial charge in [-0.05, 0) is 97.4 Å². The summed E-state index contributed by atoms with van der Waals surface area (Å²) in [5.41, 5.74) is 3.36. The van der Waals surface area contributed by atoms with Crippen LogP contribution < -0.4 is 9.47 Å². The van der Waals surface area contributed by atoms with Crippen molar-refractivity contribution in [2.75, 3.05) is 0 Å². The molecular weight excluding hydrogens is 821 g/mol. The number of carbonyl (C=O) groups excluding carboxylic acids is 2. The molecule has 0 radical (unpaired) electrons. The zero-order valence-corrected chi connectivity index (χ0v) is 33.6. The average Bonchev–Trinajstić information content (AvgIpc) is 3.62. The summed E-state index contributed by atoms with van der Waals surface area (Å²) in [7, 11) is 0. The molecule has 1 N–H and O–H groups in total. The number of halogens is 6. The Hall–Kier alpha value is -6.43. The summed E-state index contributed by atoms with van der Waals surface area (Å²) < 4.78 is 68.0. The lowest BCUT2D eigenvalue weighted by molar-refractivity contribution is -0.117. The summed E-state index contributed by atoms with van der Waals surface area (Å²) in [5, 5.41) is 12.1. The van der Waals surface area contributed by atoms with Crippen molar-refractivity contribution in [3.8, 4) is 28.4 Å². The Morgan fingerprint density at radius 2 is 1.25 bits per heavy atom. The molecule has 0 saturated heterocycles. The summed E-state index contributed by atoms with van der Waals surface area (Å²) in [4.78, 5) is 35.3. The van der Waals surface area contributed by atoms with Crippen molar-refractivity contribution < 1.29 is 46.5 Å². The number of aromatic carboxylic acids is 1. The van der Waals surface area contributed by atoms with E-state index in [0.717, 1.165) is 23.2 Å². The van der Waals surface area contributed by atoms with Gasteiger partial charge in [0.1, 0.15) is 30.5 Å². The Labute approximate surface area is 352 Å². The summed E-state index contributed by atoms with van der Waals surface area (Å²) in [6.45, 7) is 2.89. The van der Waals surface area contributed by atoms with E-state index in [9.17, 15) is 37.1 Å². The molecule has 0 aliphatic carbocycles. The molecule has 0 aliphatic heterocycles. The predicted molar refractivity (Wildman–Crippen MR) is 222 cm³/mol. The van der Waals surface area contributed by atoms with Gasteiger partial charge in [0.25, 0.3) is 0 Å². The van der Waals surface area contributed by atoms with Crippen LogP contribution in [0, 0.1) is 30.2 Å². The molecule has 60 heavy (non-hydrogen) atoms. The van der Waals surface area contributed by atoms with Crippen LogP contribution in [0.2, 0.25) is 10.0 Å². The Morgan fingerprint density at radius 3 is 1.88 bits per heavy atom.